The molecule has 3 aromatic rings. The topological polar surface area (TPSA) is 94.6 Å². The predicted molar refractivity (Wildman–Crippen MR) is 96.0 cm³/mol. The average Bonchev–Trinajstić information content (AvgIpc) is 2.94. The van der Waals surface area contributed by atoms with Crippen molar-refractivity contribution in [2.24, 2.45) is 0 Å². The molecule has 0 aliphatic carbocycles. The predicted octanol–water partition coefficient (Wildman–Crippen LogP) is 2.93. The van der Waals surface area contributed by atoms with Crippen LogP contribution in [0.1, 0.15) is 12.5 Å². The number of rotatable bonds is 5. The summed E-state index contributed by atoms with van der Waals surface area (Å²) in [5.41, 5.74) is 3.04. The molecule has 4 N–H and O–H groups in total. The van der Waals surface area contributed by atoms with Gasteiger partial charge in [-0.15, -0.1) is 0 Å². The molecule has 1 heterocycles. The quantitative estimate of drug-likeness (QED) is 0.537. The van der Waals surface area contributed by atoms with Gasteiger partial charge >= 0.3 is 0 Å². The highest BCUT2D eigenvalue weighted by Gasteiger charge is 2.17. The molecule has 0 aliphatic rings. The van der Waals surface area contributed by atoms with E-state index >= 15 is 0 Å². The number of aromatic nitrogens is 1. The molecular formula is C19H20N2O4. The lowest BCUT2D eigenvalue weighted by Gasteiger charge is -2.08. The molecule has 0 bridgehead atoms. The van der Waals surface area contributed by atoms with Gasteiger partial charge in [0.15, 0.2) is 0 Å². The molecule has 0 saturated heterocycles. The lowest BCUT2D eigenvalue weighted by molar-refractivity contribution is -0.118. The number of nitrogens with one attached hydrogen (secondary N) is 2. The number of carbonyl (C=O) groups is 1. The van der Waals surface area contributed by atoms with E-state index in [0.717, 1.165) is 22.2 Å². The average molecular weight is 340 g/mol. The van der Waals surface area contributed by atoms with Gasteiger partial charge in [-0.1, -0.05) is 0 Å². The third-order valence-electron chi connectivity index (χ3n) is 4.11. The van der Waals surface area contributed by atoms with E-state index in [1.54, 1.807) is 7.11 Å². The molecule has 0 aliphatic heterocycles. The summed E-state index contributed by atoms with van der Waals surface area (Å²) >= 11 is 0. The molecule has 1 aromatic heterocycles. The SMILES string of the molecule is COc1ccc2[nH]c(-c3cc(O)ccc3O)c(CCNC(C)=O)c2c1. The summed E-state index contributed by atoms with van der Waals surface area (Å²) < 4.78 is 5.30. The van der Waals surface area contributed by atoms with Gasteiger partial charge in [0.1, 0.15) is 17.2 Å². The maximum absolute atomic E-state index is 11.2. The van der Waals surface area contributed by atoms with Crippen molar-refractivity contribution in [1.29, 1.82) is 0 Å². The van der Waals surface area contributed by atoms with Crippen LogP contribution in [0, 0.1) is 0 Å². The molecule has 3 rings (SSSR count). The lowest BCUT2D eigenvalue weighted by Crippen LogP contribution is -2.22. The minimum atomic E-state index is -0.0980. The number of fused-ring (bicyclic) bond motifs is 1. The zero-order valence-corrected chi connectivity index (χ0v) is 14.1. The molecule has 0 fully saturated rings. The van der Waals surface area contributed by atoms with Crippen LogP contribution in [0.4, 0.5) is 0 Å². The van der Waals surface area contributed by atoms with Crippen molar-refractivity contribution in [3.8, 4) is 28.5 Å². The van der Waals surface area contributed by atoms with Crippen molar-refractivity contribution in [2.45, 2.75) is 13.3 Å². The minimum absolute atomic E-state index is 0.0665. The van der Waals surface area contributed by atoms with Crippen molar-refractivity contribution in [2.75, 3.05) is 13.7 Å². The molecule has 6 heteroatoms. The number of aromatic amines is 1. The Morgan fingerprint density at radius 1 is 1.20 bits per heavy atom. The van der Waals surface area contributed by atoms with Gasteiger partial charge < -0.3 is 25.3 Å². The van der Waals surface area contributed by atoms with Gasteiger partial charge in [0.05, 0.1) is 12.8 Å². The third kappa shape index (κ3) is 3.38. The standard InChI is InChI=1S/C19H20N2O4/c1-11(22)20-8-7-14-15-10-13(25-2)4-5-17(15)21-19(14)16-9-12(23)3-6-18(16)24/h3-6,9-10,21,23-24H,7-8H2,1-2H3,(H,20,22). The van der Waals surface area contributed by atoms with E-state index in [1.165, 1.54) is 25.1 Å². The van der Waals surface area contributed by atoms with Crippen molar-refractivity contribution in [3.63, 3.8) is 0 Å². The fourth-order valence-electron chi connectivity index (χ4n) is 2.93. The Morgan fingerprint density at radius 2 is 2.00 bits per heavy atom. The van der Waals surface area contributed by atoms with Crippen LogP contribution in [-0.2, 0) is 11.2 Å². The first-order valence-corrected chi connectivity index (χ1v) is 7.95. The van der Waals surface area contributed by atoms with E-state index in [1.807, 2.05) is 18.2 Å². The lowest BCUT2D eigenvalue weighted by atomic mass is 10.0. The summed E-state index contributed by atoms with van der Waals surface area (Å²) in [7, 11) is 1.60. The van der Waals surface area contributed by atoms with Gasteiger partial charge in [0, 0.05) is 29.9 Å². The molecule has 25 heavy (non-hydrogen) atoms. The van der Waals surface area contributed by atoms with Crippen LogP contribution in [0.15, 0.2) is 36.4 Å². The van der Waals surface area contributed by atoms with E-state index in [9.17, 15) is 15.0 Å². The zero-order valence-electron chi connectivity index (χ0n) is 14.1. The van der Waals surface area contributed by atoms with Crippen molar-refractivity contribution >= 4 is 16.8 Å². The largest absolute Gasteiger partial charge is 0.508 e. The fraction of sp³-hybridized carbons (Fsp3) is 0.211. The highest BCUT2D eigenvalue weighted by molar-refractivity contribution is 5.93. The number of carbonyl (C=O) groups excluding carboxylic acids is 1. The van der Waals surface area contributed by atoms with Crippen molar-refractivity contribution in [1.82, 2.24) is 10.3 Å². The number of amides is 1. The smallest absolute Gasteiger partial charge is 0.216 e. The van der Waals surface area contributed by atoms with E-state index in [4.69, 9.17) is 4.74 Å². The Kier molecular flexibility index (Phi) is 4.52. The molecule has 0 saturated carbocycles. The monoisotopic (exact) mass is 340 g/mol. The maximum atomic E-state index is 11.2. The minimum Gasteiger partial charge on any atom is -0.508 e. The summed E-state index contributed by atoms with van der Waals surface area (Å²) in [5.74, 6) is 0.757. The van der Waals surface area contributed by atoms with E-state index in [-0.39, 0.29) is 17.4 Å². The van der Waals surface area contributed by atoms with Crippen LogP contribution in [0.25, 0.3) is 22.2 Å². The summed E-state index contributed by atoms with van der Waals surface area (Å²) in [6.07, 6.45) is 0.567. The van der Waals surface area contributed by atoms with Crippen LogP contribution in [0.3, 0.4) is 0 Å². The highest BCUT2D eigenvalue weighted by Crippen LogP contribution is 2.38. The number of hydrogen-bond donors (Lipinski definition) is 4. The number of methoxy groups -OCH3 is 1. The number of ether oxygens (including phenoxy) is 1. The highest BCUT2D eigenvalue weighted by atomic mass is 16.5. The number of aromatic hydroxyl groups is 2. The molecule has 0 unspecified atom stereocenters. The van der Waals surface area contributed by atoms with E-state index < -0.39 is 0 Å². The van der Waals surface area contributed by atoms with Crippen LogP contribution in [-0.4, -0.2) is 34.8 Å². The first-order chi connectivity index (χ1) is 12.0. The van der Waals surface area contributed by atoms with Crippen LogP contribution >= 0.6 is 0 Å². The Balaban J connectivity index is 2.15. The number of phenols is 2. The normalized spacial score (nSPS) is 10.8. The summed E-state index contributed by atoms with van der Waals surface area (Å²) in [4.78, 5) is 14.5. The number of phenolic OH excluding ortho intramolecular Hbond substituents is 2. The number of H-pyrrole nitrogens is 1. The Bertz CT molecular complexity index is 931. The van der Waals surface area contributed by atoms with Crippen molar-refractivity contribution < 1.29 is 19.7 Å². The van der Waals surface area contributed by atoms with Gasteiger partial charge in [-0.3, -0.25) is 4.79 Å². The van der Waals surface area contributed by atoms with Crippen LogP contribution in [0.5, 0.6) is 17.2 Å². The second kappa shape index (κ2) is 6.76. The van der Waals surface area contributed by atoms with E-state index in [0.29, 0.717) is 24.2 Å². The molecule has 0 radical (unpaired) electrons. The maximum Gasteiger partial charge on any atom is 0.216 e. The molecule has 6 nitrogen and oxygen atoms in total. The Labute approximate surface area is 145 Å². The summed E-state index contributed by atoms with van der Waals surface area (Å²) in [6.45, 7) is 1.94. The molecule has 2 aromatic carbocycles. The molecule has 1 amide bonds. The van der Waals surface area contributed by atoms with Crippen LogP contribution in [0.2, 0.25) is 0 Å². The van der Waals surface area contributed by atoms with Crippen molar-refractivity contribution in [3.05, 3.63) is 42.0 Å². The van der Waals surface area contributed by atoms with Gasteiger partial charge in [-0.2, -0.15) is 0 Å². The second-order valence-corrected chi connectivity index (χ2v) is 5.82. The van der Waals surface area contributed by atoms with Gasteiger partial charge in [-0.25, -0.2) is 0 Å². The summed E-state index contributed by atoms with van der Waals surface area (Å²) in [6, 6.07) is 10.1. The van der Waals surface area contributed by atoms with Crippen LogP contribution < -0.4 is 10.1 Å². The third-order valence-corrected chi connectivity index (χ3v) is 4.11. The van der Waals surface area contributed by atoms with Gasteiger partial charge in [0.2, 0.25) is 5.91 Å². The fourth-order valence-corrected chi connectivity index (χ4v) is 2.93. The molecule has 0 atom stereocenters. The zero-order chi connectivity index (χ0) is 18.0. The number of benzene rings is 2. The second-order valence-electron chi connectivity index (χ2n) is 5.82. The van der Waals surface area contributed by atoms with E-state index in [2.05, 4.69) is 10.3 Å². The first-order valence-electron chi connectivity index (χ1n) is 7.95. The Hall–Kier alpha value is -3.15. The molecule has 130 valence electrons. The Morgan fingerprint density at radius 3 is 2.72 bits per heavy atom. The molecular weight excluding hydrogens is 320 g/mol. The summed E-state index contributed by atoms with van der Waals surface area (Å²) in [5, 5.41) is 23.8. The van der Waals surface area contributed by atoms with Gasteiger partial charge in [0.25, 0.3) is 0 Å². The van der Waals surface area contributed by atoms with Gasteiger partial charge in [-0.05, 0) is 48.4 Å². The number of hydrogen-bond acceptors (Lipinski definition) is 4. The molecule has 0 spiro atoms. The first kappa shape index (κ1) is 16.7.